The average molecular weight is 625 g/mol. The topological polar surface area (TPSA) is 138 Å². The zero-order valence-corrected chi connectivity index (χ0v) is 28.2. The van der Waals surface area contributed by atoms with Crippen LogP contribution in [0.2, 0.25) is 0 Å². The normalized spacial score (nSPS) is 28.8. The highest BCUT2D eigenvalue weighted by molar-refractivity contribution is 5.92. The van der Waals surface area contributed by atoms with Gasteiger partial charge in [-0.1, -0.05) is 52.8 Å². The molecule has 0 spiro atoms. The lowest BCUT2D eigenvalue weighted by molar-refractivity contribution is -0.174. The Hall–Kier alpha value is -3.18. The molecule has 5 N–H and O–H groups in total. The van der Waals surface area contributed by atoms with Crippen LogP contribution in [0.1, 0.15) is 63.9 Å². The highest BCUT2D eigenvalue weighted by Crippen LogP contribution is 2.47. The van der Waals surface area contributed by atoms with Crippen molar-refractivity contribution in [3.05, 3.63) is 47.5 Å². The van der Waals surface area contributed by atoms with Gasteiger partial charge in [-0.05, 0) is 60.3 Å². The molecule has 1 saturated carbocycles. The van der Waals surface area contributed by atoms with Gasteiger partial charge in [0.05, 0.1) is 31.4 Å². The minimum absolute atomic E-state index is 0.00535. The molecule has 1 aliphatic heterocycles. The van der Waals surface area contributed by atoms with E-state index in [1.807, 2.05) is 43.3 Å². The van der Waals surface area contributed by atoms with Crippen LogP contribution in [0.5, 0.6) is 5.75 Å². The van der Waals surface area contributed by atoms with Gasteiger partial charge in [-0.3, -0.25) is 9.63 Å². The van der Waals surface area contributed by atoms with Crippen LogP contribution >= 0.6 is 0 Å². The van der Waals surface area contributed by atoms with Crippen LogP contribution in [0.4, 0.5) is 5.69 Å². The second-order valence-corrected chi connectivity index (χ2v) is 13.9. The summed E-state index contributed by atoms with van der Waals surface area (Å²) in [6, 6.07) is 10.0. The van der Waals surface area contributed by atoms with E-state index in [9.17, 15) is 19.8 Å². The van der Waals surface area contributed by atoms with Crippen LogP contribution in [-0.2, 0) is 16.2 Å². The molecule has 4 rings (SSSR count). The molecule has 8 atom stereocenters. The lowest BCUT2D eigenvalue weighted by Gasteiger charge is -2.50. The SMILES string of the molecule is COc1c(CN2O[C@@H](CN)[C@@H]([C@H](C)O)[C@H]2C(=O)N[C@H]2C[C@@H](C)C(C)(C)[C@@H](C)[C@@H]2C)cccc1-c1cc(C(=O)O)cc(N(C)C)c1. The van der Waals surface area contributed by atoms with E-state index in [-0.39, 0.29) is 41.9 Å². The molecule has 248 valence electrons. The van der Waals surface area contributed by atoms with Crippen molar-refractivity contribution in [2.45, 2.75) is 78.8 Å². The Morgan fingerprint density at radius 3 is 2.47 bits per heavy atom. The number of carbonyl (C=O) groups is 2. The summed E-state index contributed by atoms with van der Waals surface area (Å²) in [5.41, 5.74) is 9.33. The zero-order valence-electron chi connectivity index (χ0n) is 28.2. The Bertz CT molecular complexity index is 1380. The number of anilines is 1. The summed E-state index contributed by atoms with van der Waals surface area (Å²) in [7, 11) is 5.29. The number of hydrogen-bond acceptors (Lipinski definition) is 8. The number of amides is 1. The van der Waals surface area contributed by atoms with Gasteiger partial charge >= 0.3 is 5.97 Å². The maximum atomic E-state index is 14.2. The number of carboxylic acids is 1. The first-order chi connectivity index (χ1) is 21.1. The predicted molar refractivity (Wildman–Crippen MR) is 176 cm³/mol. The molecular formula is C35H52N4O6. The number of para-hydroxylation sites is 1. The molecule has 0 unspecified atom stereocenters. The number of hydrogen-bond donors (Lipinski definition) is 4. The third-order valence-corrected chi connectivity index (χ3v) is 10.9. The van der Waals surface area contributed by atoms with Crippen LogP contribution in [0, 0.1) is 29.1 Å². The fraction of sp³-hybridized carbons (Fsp3) is 0.600. The Morgan fingerprint density at radius 1 is 1.20 bits per heavy atom. The van der Waals surface area contributed by atoms with E-state index in [0.29, 0.717) is 28.7 Å². The van der Waals surface area contributed by atoms with E-state index in [4.69, 9.17) is 15.3 Å². The van der Waals surface area contributed by atoms with Crippen LogP contribution < -0.4 is 20.7 Å². The number of nitrogens with one attached hydrogen (secondary N) is 1. The largest absolute Gasteiger partial charge is 0.496 e. The van der Waals surface area contributed by atoms with Gasteiger partial charge in [0.1, 0.15) is 11.8 Å². The van der Waals surface area contributed by atoms with E-state index in [1.165, 1.54) is 0 Å². The average Bonchev–Trinajstić information content (AvgIpc) is 3.37. The van der Waals surface area contributed by atoms with Crippen LogP contribution in [0.15, 0.2) is 36.4 Å². The summed E-state index contributed by atoms with van der Waals surface area (Å²) in [5.74, 6) is -0.0944. The lowest BCUT2D eigenvalue weighted by Crippen LogP contribution is -2.56. The molecule has 0 aromatic heterocycles. The molecule has 10 nitrogen and oxygen atoms in total. The summed E-state index contributed by atoms with van der Waals surface area (Å²) in [5, 5.41) is 25.6. The molecular weight excluding hydrogens is 572 g/mol. The molecule has 1 saturated heterocycles. The summed E-state index contributed by atoms with van der Waals surface area (Å²) in [6.45, 7) is 13.3. The molecule has 1 heterocycles. The number of benzene rings is 2. The number of nitrogens with zero attached hydrogens (tertiary/aromatic N) is 2. The van der Waals surface area contributed by atoms with Gasteiger partial charge in [0.15, 0.2) is 0 Å². The number of rotatable bonds is 10. The van der Waals surface area contributed by atoms with E-state index < -0.39 is 30.1 Å². The van der Waals surface area contributed by atoms with Gasteiger partial charge in [0, 0.05) is 49.4 Å². The Morgan fingerprint density at radius 2 is 1.89 bits per heavy atom. The van der Waals surface area contributed by atoms with E-state index >= 15 is 0 Å². The number of hydroxylamine groups is 2. The highest BCUT2D eigenvalue weighted by atomic mass is 16.7. The lowest BCUT2D eigenvalue weighted by atomic mass is 9.58. The van der Waals surface area contributed by atoms with Gasteiger partial charge in [0.25, 0.3) is 0 Å². The summed E-state index contributed by atoms with van der Waals surface area (Å²) >= 11 is 0. The first-order valence-electron chi connectivity index (χ1n) is 16.0. The summed E-state index contributed by atoms with van der Waals surface area (Å²) in [6.07, 6.45) is -0.515. The minimum Gasteiger partial charge on any atom is -0.496 e. The third-order valence-electron chi connectivity index (χ3n) is 10.9. The number of ether oxygens (including phenoxy) is 1. The van der Waals surface area contributed by atoms with Crippen molar-refractivity contribution < 1.29 is 29.4 Å². The van der Waals surface area contributed by atoms with Gasteiger partial charge in [-0.2, -0.15) is 5.06 Å². The van der Waals surface area contributed by atoms with E-state index in [2.05, 4.69) is 39.9 Å². The number of nitrogens with two attached hydrogens (primary N) is 1. The van der Waals surface area contributed by atoms with Crippen molar-refractivity contribution >= 4 is 17.6 Å². The maximum Gasteiger partial charge on any atom is 0.335 e. The summed E-state index contributed by atoms with van der Waals surface area (Å²) in [4.78, 5) is 34.3. The van der Waals surface area contributed by atoms with Crippen molar-refractivity contribution in [1.82, 2.24) is 10.4 Å². The number of methoxy groups -OCH3 is 1. The van der Waals surface area contributed by atoms with Crippen LogP contribution in [-0.4, -0.2) is 79.2 Å². The number of aliphatic hydroxyl groups excluding tert-OH is 1. The quantitative estimate of drug-likeness (QED) is 0.303. The van der Waals surface area contributed by atoms with Gasteiger partial charge in [-0.15, -0.1) is 0 Å². The molecule has 1 aliphatic carbocycles. The highest BCUT2D eigenvalue weighted by Gasteiger charge is 2.51. The third kappa shape index (κ3) is 6.84. The second kappa shape index (κ2) is 13.7. The molecule has 45 heavy (non-hydrogen) atoms. The molecule has 1 amide bonds. The Kier molecular flexibility index (Phi) is 10.5. The fourth-order valence-electron chi connectivity index (χ4n) is 7.25. The van der Waals surface area contributed by atoms with Gasteiger partial charge in [0.2, 0.25) is 5.91 Å². The predicted octanol–water partition coefficient (Wildman–Crippen LogP) is 4.39. The number of aliphatic hydroxyl groups is 1. The number of carboxylic acid groups (broad SMARTS) is 1. The molecule has 10 heteroatoms. The minimum atomic E-state index is -1.02. The summed E-state index contributed by atoms with van der Waals surface area (Å²) < 4.78 is 5.93. The molecule has 0 bridgehead atoms. The second-order valence-electron chi connectivity index (χ2n) is 13.9. The van der Waals surface area contributed by atoms with Gasteiger partial charge < -0.3 is 30.9 Å². The smallest absolute Gasteiger partial charge is 0.335 e. The first kappa shape index (κ1) is 34.7. The van der Waals surface area contributed by atoms with Crippen LogP contribution in [0.3, 0.4) is 0 Å². The van der Waals surface area contributed by atoms with Crippen molar-refractivity contribution in [3.63, 3.8) is 0 Å². The number of aromatic carboxylic acids is 1. The zero-order chi connectivity index (χ0) is 33.4. The van der Waals surface area contributed by atoms with E-state index in [0.717, 1.165) is 17.7 Å². The van der Waals surface area contributed by atoms with E-state index in [1.54, 1.807) is 31.2 Å². The van der Waals surface area contributed by atoms with Gasteiger partial charge in [-0.25, -0.2) is 4.79 Å². The molecule has 2 fully saturated rings. The van der Waals surface area contributed by atoms with Crippen molar-refractivity contribution in [2.24, 2.45) is 34.8 Å². The van der Waals surface area contributed by atoms with Crippen molar-refractivity contribution in [3.8, 4) is 16.9 Å². The standard InChI is InChI=1S/C35H52N4O6/c1-19-13-28(20(2)21(3)35(19,5)6)37-33(41)31-30(22(4)40)29(17-36)45-39(31)18-23-11-10-12-27(32(23)44-9)24-14-25(34(42)43)16-26(15-24)38(7)8/h10-12,14-16,19-22,28-31,40H,13,17-18,36H2,1-9H3,(H,37,41)(H,42,43)/t19-,20+,21+,22+,28+,29+,30-,31+/m1/s1. The maximum absolute atomic E-state index is 14.2. The van der Waals surface area contributed by atoms with Crippen LogP contribution in [0.25, 0.3) is 11.1 Å². The Balaban J connectivity index is 1.70. The molecule has 2 aromatic rings. The van der Waals surface area contributed by atoms with Crippen molar-refractivity contribution in [2.75, 3.05) is 32.6 Å². The molecule has 0 radical (unpaired) electrons. The Labute approximate surface area is 267 Å². The molecule has 2 aliphatic rings. The first-order valence-corrected chi connectivity index (χ1v) is 16.0. The van der Waals surface area contributed by atoms with Crippen molar-refractivity contribution in [1.29, 1.82) is 0 Å². The monoisotopic (exact) mass is 624 g/mol. The molecule has 2 aromatic carbocycles. The fourth-order valence-corrected chi connectivity index (χ4v) is 7.25. The number of carbonyl (C=O) groups excluding carboxylic acids is 1.